The van der Waals surface area contributed by atoms with Crippen molar-refractivity contribution in [3.8, 4) is 5.75 Å². The van der Waals surface area contributed by atoms with Gasteiger partial charge in [0.05, 0.1) is 19.1 Å². The van der Waals surface area contributed by atoms with Crippen molar-refractivity contribution in [3.63, 3.8) is 0 Å². The average molecular weight is 402 g/mol. The number of fused-ring (bicyclic) bond motifs is 3. The largest absolute Gasteiger partial charge is 0.487 e. The molecule has 1 saturated heterocycles. The van der Waals surface area contributed by atoms with Crippen molar-refractivity contribution >= 4 is 17.5 Å². The van der Waals surface area contributed by atoms with Gasteiger partial charge in [-0.05, 0) is 43.9 Å². The normalized spacial score (nSPS) is 27.9. The van der Waals surface area contributed by atoms with Crippen LogP contribution in [0.2, 0.25) is 0 Å². The van der Waals surface area contributed by atoms with Crippen LogP contribution in [0.1, 0.15) is 56.9 Å². The van der Waals surface area contributed by atoms with E-state index in [9.17, 15) is 14.7 Å². The fourth-order valence-electron chi connectivity index (χ4n) is 4.43. The molecule has 2 fully saturated rings. The summed E-state index contributed by atoms with van der Waals surface area (Å²) in [6.45, 7) is 2.50. The van der Waals surface area contributed by atoms with Crippen LogP contribution in [0, 0.1) is 5.92 Å². The molecule has 0 bridgehead atoms. The van der Waals surface area contributed by atoms with Gasteiger partial charge in [-0.2, -0.15) is 0 Å². The summed E-state index contributed by atoms with van der Waals surface area (Å²) in [5.41, 5.74) is 1.79. The van der Waals surface area contributed by atoms with Gasteiger partial charge in [0.15, 0.2) is 0 Å². The Bertz CT molecular complexity index is 764. The number of carbonyl (C=O) groups is 2. The lowest BCUT2D eigenvalue weighted by Gasteiger charge is -2.37. The van der Waals surface area contributed by atoms with Gasteiger partial charge >= 0.3 is 0 Å². The van der Waals surface area contributed by atoms with Crippen molar-refractivity contribution < 1.29 is 24.2 Å². The van der Waals surface area contributed by atoms with Crippen molar-refractivity contribution in [2.75, 3.05) is 18.5 Å². The number of hydrogen-bond donors (Lipinski definition) is 3. The fraction of sp³-hybridized carbons (Fsp3) is 0.636. The van der Waals surface area contributed by atoms with Crippen molar-refractivity contribution in [2.24, 2.45) is 5.92 Å². The van der Waals surface area contributed by atoms with Crippen LogP contribution in [-0.4, -0.2) is 48.4 Å². The lowest BCUT2D eigenvalue weighted by Crippen LogP contribution is -2.47. The quantitative estimate of drug-likeness (QED) is 0.650. The molecule has 2 amide bonds. The number of hydrogen-bond acceptors (Lipinski definition) is 5. The minimum atomic E-state index is -0.474. The van der Waals surface area contributed by atoms with Crippen LogP contribution >= 0.6 is 0 Å². The Morgan fingerprint density at radius 3 is 2.79 bits per heavy atom. The molecule has 1 aromatic rings. The molecule has 0 unspecified atom stereocenters. The second-order valence-corrected chi connectivity index (χ2v) is 8.33. The summed E-state index contributed by atoms with van der Waals surface area (Å²) >= 11 is 0. The number of carbonyl (C=O) groups excluding carboxylic acids is 2. The Balaban J connectivity index is 1.47. The summed E-state index contributed by atoms with van der Waals surface area (Å²) in [6.07, 6.45) is 3.83. The molecule has 7 heteroatoms. The van der Waals surface area contributed by atoms with E-state index < -0.39 is 6.10 Å². The first-order valence-corrected chi connectivity index (χ1v) is 10.7. The second-order valence-electron chi connectivity index (χ2n) is 8.33. The van der Waals surface area contributed by atoms with Gasteiger partial charge in [-0.15, -0.1) is 0 Å². The van der Waals surface area contributed by atoms with E-state index in [0.29, 0.717) is 13.0 Å². The minimum absolute atomic E-state index is 0.0282. The van der Waals surface area contributed by atoms with Gasteiger partial charge in [0, 0.05) is 29.6 Å². The molecule has 1 aromatic carbocycles. The molecule has 158 valence electrons. The van der Waals surface area contributed by atoms with Gasteiger partial charge in [-0.25, -0.2) is 0 Å². The highest BCUT2D eigenvalue weighted by Crippen LogP contribution is 2.47. The van der Waals surface area contributed by atoms with Gasteiger partial charge < -0.3 is 25.2 Å². The molecule has 0 aromatic heterocycles. The number of anilines is 1. The molecule has 2 heterocycles. The fourth-order valence-corrected chi connectivity index (χ4v) is 4.43. The lowest BCUT2D eigenvalue weighted by molar-refractivity contribution is -0.142. The number of aliphatic hydroxyl groups excluding tert-OH is 1. The molecule has 7 nitrogen and oxygen atoms in total. The highest BCUT2D eigenvalue weighted by atomic mass is 16.6. The highest BCUT2D eigenvalue weighted by molar-refractivity contribution is 5.93. The molecular formula is C22H30N2O5. The monoisotopic (exact) mass is 402 g/mol. The molecule has 4 atom stereocenters. The van der Waals surface area contributed by atoms with E-state index in [2.05, 4.69) is 10.6 Å². The van der Waals surface area contributed by atoms with Crippen LogP contribution in [0.25, 0.3) is 0 Å². The van der Waals surface area contributed by atoms with Crippen LogP contribution in [0.15, 0.2) is 18.2 Å². The summed E-state index contributed by atoms with van der Waals surface area (Å²) in [4.78, 5) is 24.4. The van der Waals surface area contributed by atoms with Crippen LogP contribution in [0.3, 0.4) is 0 Å². The number of nitrogens with one attached hydrogen (secondary N) is 2. The van der Waals surface area contributed by atoms with E-state index in [4.69, 9.17) is 9.47 Å². The zero-order valence-electron chi connectivity index (χ0n) is 16.9. The van der Waals surface area contributed by atoms with E-state index in [0.717, 1.165) is 42.7 Å². The molecule has 0 spiro atoms. The topological polar surface area (TPSA) is 96.9 Å². The predicted molar refractivity (Wildman–Crippen MR) is 108 cm³/mol. The first-order valence-electron chi connectivity index (χ1n) is 10.7. The maximum atomic E-state index is 12.3. The molecule has 1 saturated carbocycles. The molecule has 0 radical (unpaired) electrons. The van der Waals surface area contributed by atoms with Gasteiger partial charge in [-0.3, -0.25) is 9.59 Å². The van der Waals surface area contributed by atoms with Crippen LogP contribution in [-0.2, 0) is 14.3 Å². The number of amides is 2. The third-order valence-electron chi connectivity index (χ3n) is 6.23. The van der Waals surface area contributed by atoms with E-state index in [1.54, 1.807) is 0 Å². The van der Waals surface area contributed by atoms with Gasteiger partial charge in [0.25, 0.3) is 0 Å². The minimum Gasteiger partial charge on any atom is -0.487 e. The first-order chi connectivity index (χ1) is 14.1. The molecule has 29 heavy (non-hydrogen) atoms. The van der Waals surface area contributed by atoms with Gasteiger partial charge in [0.2, 0.25) is 11.8 Å². The number of benzene rings is 1. The van der Waals surface area contributed by atoms with E-state index in [1.807, 2.05) is 25.1 Å². The summed E-state index contributed by atoms with van der Waals surface area (Å²) < 4.78 is 12.0. The Hall–Kier alpha value is -2.12. The maximum Gasteiger partial charge on any atom is 0.227 e. The summed E-state index contributed by atoms with van der Waals surface area (Å²) in [5, 5.41) is 15.7. The maximum absolute atomic E-state index is 12.3. The average Bonchev–Trinajstić information content (AvgIpc) is 3.02. The lowest BCUT2D eigenvalue weighted by atomic mass is 9.83. The van der Waals surface area contributed by atoms with Crippen LogP contribution in [0.4, 0.5) is 5.69 Å². The Labute approximate surface area is 171 Å². The second kappa shape index (κ2) is 8.71. The predicted octanol–water partition coefficient (Wildman–Crippen LogP) is 2.34. The van der Waals surface area contributed by atoms with Crippen molar-refractivity contribution in [1.29, 1.82) is 0 Å². The summed E-state index contributed by atoms with van der Waals surface area (Å²) in [7, 11) is 0. The van der Waals surface area contributed by atoms with Crippen LogP contribution < -0.4 is 15.4 Å². The molecular weight excluding hydrogens is 372 g/mol. The number of aliphatic hydroxyl groups is 1. The Morgan fingerprint density at radius 2 is 2.10 bits per heavy atom. The number of rotatable bonds is 7. The Morgan fingerprint density at radius 1 is 1.28 bits per heavy atom. The van der Waals surface area contributed by atoms with Gasteiger partial charge in [-0.1, -0.05) is 13.3 Å². The zero-order chi connectivity index (χ0) is 20.4. The van der Waals surface area contributed by atoms with Crippen molar-refractivity contribution in [3.05, 3.63) is 23.8 Å². The first kappa shape index (κ1) is 20.2. The molecule has 1 aliphatic carbocycles. The van der Waals surface area contributed by atoms with E-state index in [1.165, 1.54) is 0 Å². The van der Waals surface area contributed by atoms with E-state index in [-0.39, 0.29) is 48.9 Å². The molecule has 3 N–H and O–H groups in total. The molecule has 3 aliphatic rings. The zero-order valence-corrected chi connectivity index (χ0v) is 16.9. The Kier molecular flexibility index (Phi) is 6.06. The SMILES string of the molecule is CCCNC(=O)C[C@H]1C[C@H]2c3cc(NC(=O)C4CCC4)ccc3O[C@H]2[C@@H](CO)O1. The third-order valence-corrected chi connectivity index (χ3v) is 6.23. The summed E-state index contributed by atoms with van der Waals surface area (Å²) in [5.74, 6) is 0.963. The third kappa shape index (κ3) is 4.26. The number of ether oxygens (including phenoxy) is 2. The van der Waals surface area contributed by atoms with Crippen LogP contribution in [0.5, 0.6) is 5.75 Å². The molecule has 2 aliphatic heterocycles. The highest BCUT2D eigenvalue weighted by Gasteiger charge is 2.46. The molecule has 4 rings (SSSR count). The summed E-state index contributed by atoms with van der Waals surface area (Å²) in [6, 6.07) is 5.71. The van der Waals surface area contributed by atoms with Gasteiger partial charge in [0.1, 0.15) is 18.0 Å². The van der Waals surface area contributed by atoms with Crippen molar-refractivity contribution in [2.45, 2.75) is 69.7 Å². The van der Waals surface area contributed by atoms with Crippen molar-refractivity contribution in [1.82, 2.24) is 5.32 Å². The standard InChI is InChI=1S/C22H30N2O5/c1-2-8-23-20(26)11-15-10-17-16-9-14(24-22(27)13-4-3-5-13)6-7-18(16)29-21(17)19(12-25)28-15/h6-7,9,13,15,17,19,21,25H,2-5,8,10-12H2,1H3,(H,23,26)(H,24,27)/t15-,17+,19-,21-/m1/s1. The van der Waals surface area contributed by atoms with E-state index >= 15 is 0 Å². The smallest absolute Gasteiger partial charge is 0.227 e.